The molecular weight excluding hydrogens is 300 g/mol. The van der Waals surface area contributed by atoms with Crippen LogP contribution in [-0.2, 0) is 4.79 Å². The number of amides is 2. The SMILES string of the molecule is Cc1cccc(C(=O)NCC(=O)Nc2ccc3ccccc3c2)c1. The number of aryl methyl sites for hydroxylation is 1. The fraction of sp³-hybridized carbons (Fsp3) is 0.100. The van der Waals surface area contributed by atoms with Gasteiger partial charge in [0.05, 0.1) is 6.54 Å². The van der Waals surface area contributed by atoms with E-state index in [0.29, 0.717) is 11.3 Å². The second-order valence-electron chi connectivity index (χ2n) is 5.66. The normalized spacial score (nSPS) is 10.4. The third kappa shape index (κ3) is 3.79. The minimum absolute atomic E-state index is 0.0698. The Kier molecular flexibility index (Phi) is 4.57. The third-order valence-electron chi connectivity index (χ3n) is 3.72. The van der Waals surface area contributed by atoms with E-state index in [9.17, 15) is 9.59 Å². The Morgan fingerprint density at radius 2 is 1.67 bits per heavy atom. The van der Waals surface area contributed by atoms with E-state index in [1.54, 1.807) is 12.1 Å². The topological polar surface area (TPSA) is 58.2 Å². The molecule has 0 aliphatic heterocycles. The van der Waals surface area contributed by atoms with Gasteiger partial charge < -0.3 is 10.6 Å². The summed E-state index contributed by atoms with van der Waals surface area (Å²) in [5, 5.41) is 7.60. The number of carbonyl (C=O) groups excluding carboxylic acids is 2. The summed E-state index contributed by atoms with van der Waals surface area (Å²) in [6.45, 7) is 1.85. The average molecular weight is 318 g/mol. The van der Waals surface area contributed by atoms with Gasteiger partial charge in [-0.1, -0.05) is 48.0 Å². The Balaban J connectivity index is 1.59. The molecule has 0 aliphatic carbocycles. The van der Waals surface area contributed by atoms with Crippen LogP contribution in [-0.4, -0.2) is 18.4 Å². The van der Waals surface area contributed by atoms with Crippen molar-refractivity contribution < 1.29 is 9.59 Å². The first-order valence-corrected chi connectivity index (χ1v) is 7.75. The molecule has 0 bridgehead atoms. The molecule has 4 nitrogen and oxygen atoms in total. The van der Waals surface area contributed by atoms with Crippen molar-refractivity contribution in [3.63, 3.8) is 0 Å². The zero-order chi connectivity index (χ0) is 16.9. The van der Waals surface area contributed by atoms with Crippen LogP contribution in [0.1, 0.15) is 15.9 Å². The highest BCUT2D eigenvalue weighted by Gasteiger charge is 2.08. The van der Waals surface area contributed by atoms with E-state index in [1.807, 2.05) is 61.5 Å². The first kappa shape index (κ1) is 15.7. The zero-order valence-electron chi connectivity index (χ0n) is 13.4. The van der Waals surface area contributed by atoms with Crippen molar-refractivity contribution in [1.29, 1.82) is 0 Å². The minimum atomic E-state index is -0.258. The molecule has 0 fully saturated rings. The smallest absolute Gasteiger partial charge is 0.251 e. The summed E-state index contributed by atoms with van der Waals surface area (Å²) >= 11 is 0. The molecule has 0 aromatic heterocycles. The van der Waals surface area contributed by atoms with E-state index in [0.717, 1.165) is 16.3 Å². The lowest BCUT2D eigenvalue weighted by Gasteiger charge is -2.08. The number of anilines is 1. The van der Waals surface area contributed by atoms with Gasteiger partial charge in [0.25, 0.3) is 5.91 Å². The molecule has 2 amide bonds. The van der Waals surface area contributed by atoms with Crippen molar-refractivity contribution in [2.75, 3.05) is 11.9 Å². The molecule has 3 rings (SSSR count). The summed E-state index contributed by atoms with van der Waals surface area (Å²) in [6, 6.07) is 20.9. The van der Waals surface area contributed by atoms with Gasteiger partial charge in [-0.05, 0) is 42.0 Å². The van der Waals surface area contributed by atoms with Crippen LogP contribution in [0, 0.1) is 6.92 Å². The Bertz CT molecular complexity index is 903. The summed E-state index contributed by atoms with van der Waals surface area (Å²) in [4.78, 5) is 24.1. The van der Waals surface area contributed by atoms with Gasteiger partial charge in [-0.25, -0.2) is 0 Å². The lowest BCUT2D eigenvalue weighted by atomic mass is 10.1. The van der Waals surface area contributed by atoms with Crippen molar-refractivity contribution in [3.05, 3.63) is 77.9 Å². The summed E-state index contributed by atoms with van der Waals surface area (Å²) in [5.41, 5.74) is 2.26. The van der Waals surface area contributed by atoms with E-state index in [-0.39, 0.29) is 18.4 Å². The van der Waals surface area contributed by atoms with Crippen LogP contribution in [0.15, 0.2) is 66.7 Å². The van der Waals surface area contributed by atoms with Gasteiger partial charge in [-0.15, -0.1) is 0 Å². The second-order valence-corrected chi connectivity index (χ2v) is 5.66. The minimum Gasteiger partial charge on any atom is -0.343 e. The van der Waals surface area contributed by atoms with E-state index < -0.39 is 0 Å². The third-order valence-corrected chi connectivity index (χ3v) is 3.72. The number of fused-ring (bicyclic) bond motifs is 1. The van der Waals surface area contributed by atoms with Crippen molar-refractivity contribution >= 4 is 28.3 Å². The molecule has 0 unspecified atom stereocenters. The maximum Gasteiger partial charge on any atom is 0.251 e. The summed E-state index contributed by atoms with van der Waals surface area (Å²) in [7, 11) is 0. The van der Waals surface area contributed by atoms with Crippen LogP contribution >= 0.6 is 0 Å². The van der Waals surface area contributed by atoms with E-state index in [4.69, 9.17) is 0 Å². The van der Waals surface area contributed by atoms with Gasteiger partial charge in [0.2, 0.25) is 5.91 Å². The molecule has 120 valence electrons. The molecule has 24 heavy (non-hydrogen) atoms. The second kappa shape index (κ2) is 6.96. The van der Waals surface area contributed by atoms with Gasteiger partial charge >= 0.3 is 0 Å². The van der Waals surface area contributed by atoms with Crippen LogP contribution in [0.25, 0.3) is 10.8 Å². The monoisotopic (exact) mass is 318 g/mol. The molecule has 4 heteroatoms. The molecule has 3 aromatic rings. The van der Waals surface area contributed by atoms with E-state index in [2.05, 4.69) is 10.6 Å². The molecule has 0 saturated carbocycles. The first-order valence-electron chi connectivity index (χ1n) is 7.75. The highest BCUT2D eigenvalue weighted by molar-refractivity contribution is 6.00. The highest BCUT2D eigenvalue weighted by atomic mass is 16.2. The maximum atomic E-state index is 12.0. The first-order chi connectivity index (χ1) is 11.6. The van der Waals surface area contributed by atoms with Gasteiger partial charge in [-0.2, -0.15) is 0 Å². The largest absolute Gasteiger partial charge is 0.343 e. The van der Waals surface area contributed by atoms with Gasteiger partial charge in [0, 0.05) is 11.3 Å². The highest BCUT2D eigenvalue weighted by Crippen LogP contribution is 2.18. The molecule has 0 heterocycles. The zero-order valence-corrected chi connectivity index (χ0v) is 13.4. The van der Waals surface area contributed by atoms with E-state index in [1.165, 1.54) is 0 Å². The Morgan fingerprint density at radius 3 is 2.46 bits per heavy atom. The molecule has 0 radical (unpaired) electrons. The molecular formula is C20H18N2O2. The summed E-state index contributed by atoms with van der Waals surface area (Å²) in [6.07, 6.45) is 0. The maximum absolute atomic E-state index is 12.0. The van der Waals surface area contributed by atoms with Gasteiger partial charge in [-0.3, -0.25) is 9.59 Å². The predicted molar refractivity (Wildman–Crippen MR) is 96.1 cm³/mol. The Hall–Kier alpha value is -3.14. The van der Waals surface area contributed by atoms with Gasteiger partial charge in [0.1, 0.15) is 0 Å². The molecule has 3 aromatic carbocycles. The van der Waals surface area contributed by atoms with Crippen LogP contribution in [0.4, 0.5) is 5.69 Å². The predicted octanol–water partition coefficient (Wildman–Crippen LogP) is 3.52. The fourth-order valence-electron chi connectivity index (χ4n) is 2.52. The van der Waals surface area contributed by atoms with Crippen LogP contribution in [0.5, 0.6) is 0 Å². The Morgan fingerprint density at radius 1 is 0.875 bits per heavy atom. The van der Waals surface area contributed by atoms with Crippen molar-refractivity contribution in [1.82, 2.24) is 5.32 Å². The van der Waals surface area contributed by atoms with Crippen molar-refractivity contribution in [3.8, 4) is 0 Å². The number of benzene rings is 3. The number of hydrogen-bond acceptors (Lipinski definition) is 2. The molecule has 0 spiro atoms. The molecule has 0 aliphatic rings. The summed E-state index contributed by atoms with van der Waals surface area (Å²) < 4.78 is 0. The lowest BCUT2D eigenvalue weighted by molar-refractivity contribution is -0.115. The molecule has 2 N–H and O–H groups in total. The Labute approximate surface area is 140 Å². The standard InChI is InChI=1S/C20H18N2O2/c1-14-5-4-8-17(11-14)20(24)21-13-19(23)22-18-10-9-15-6-2-3-7-16(15)12-18/h2-12H,13H2,1H3,(H,21,24)(H,22,23). The number of carbonyl (C=O) groups is 2. The van der Waals surface area contributed by atoms with Crippen molar-refractivity contribution in [2.24, 2.45) is 0 Å². The van der Waals surface area contributed by atoms with Crippen LogP contribution in [0.3, 0.4) is 0 Å². The van der Waals surface area contributed by atoms with Crippen LogP contribution < -0.4 is 10.6 Å². The number of hydrogen-bond donors (Lipinski definition) is 2. The van der Waals surface area contributed by atoms with E-state index >= 15 is 0 Å². The van der Waals surface area contributed by atoms with Crippen LogP contribution in [0.2, 0.25) is 0 Å². The summed E-state index contributed by atoms with van der Waals surface area (Å²) in [5.74, 6) is -0.515. The molecule has 0 saturated heterocycles. The number of rotatable bonds is 4. The fourth-order valence-corrected chi connectivity index (χ4v) is 2.52. The quantitative estimate of drug-likeness (QED) is 0.773. The average Bonchev–Trinajstić information content (AvgIpc) is 2.59. The number of nitrogens with one attached hydrogen (secondary N) is 2. The van der Waals surface area contributed by atoms with Gasteiger partial charge in [0.15, 0.2) is 0 Å². The van der Waals surface area contributed by atoms with Crippen molar-refractivity contribution in [2.45, 2.75) is 6.92 Å². The lowest BCUT2D eigenvalue weighted by Crippen LogP contribution is -2.32. The molecule has 0 atom stereocenters.